The van der Waals surface area contributed by atoms with Crippen molar-refractivity contribution in [3.05, 3.63) is 112 Å². The maximum Gasteiger partial charge on any atom is 0.262 e. The number of rotatable bonds is 6. The zero-order chi connectivity index (χ0) is 29.6. The molecule has 6 rings (SSSR count). The highest BCUT2D eigenvalue weighted by molar-refractivity contribution is 7.21. The first-order valence-corrected chi connectivity index (χ1v) is 14.8. The molecule has 214 valence electrons. The van der Waals surface area contributed by atoms with Gasteiger partial charge in [-0.15, -0.1) is 11.3 Å². The van der Waals surface area contributed by atoms with Crippen LogP contribution in [0.3, 0.4) is 0 Å². The summed E-state index contributed by atoms with van der Waals surface area (Å²) in [5.41, 5.74) is 23.0. The van der Waals surface area contributed by atoms with Gasteiger partial charge in [-0.1, -0.05) is 67.2 Å². The van der Waals surface area contributed by atoms with Crippen molar-refractivity contribution >= 4 is 44.7 Å². The summed E-state index contributed by atoms with van der Waals surface area (Å²) >= 11 is 1.22. The molecular formula is C33H33N5O3S. The highest BCUT2D eigenvalue weighted by Crippen LogP contribution is 2.49. The molecule has 2 heterocycles. The summed E-state index contributed by atoms with van der Waals surface area (Å²) in [6, 6.07) is 20.0. The average molecular weight is 580 g/mol. The van der Waals surface area contributed by atoms with E-state index in [9.17, 15) is 14.4 Å². The normalized spacial score (nSPS) is 21.8. The Labute approximate surface area is 248 Å². The number of nitrogens with zero attached hydrogens (tertiary/aromatic N) is 1. The van der Waals surface area contributed by atoms with Gasteiger partial charge in [0.25, 0.3) is 5.91 Å². The molecule has 1 aromatic heterocycles. The highest BCUT2D eigenvalue weighted by atomic mass is 32.1. The lowest BCUT2D eigenvalue weighted by molar-refractivity contribution is -0.127. The van der Waals surface area contributed by atoms with Crippen LogP contribution in [-0.2, 0) is 21.5 Å². The topological polar surface area (TPSA) is 145 Å². The lowest BCUT2D eigenvalue weighted by atomic mass is 9.70. The Hall–Kier alpha value is -4.31. The fraction of sp³-hybridized carbons (Fsp3) is 0.242. The summed E-state index contributed by atoms with van der Waals surface area (Å²) in [6.07, 6.45) is 3.47. The third-order valence-electron chi connectivity index (χ3n) is 8.40. The second-order valence-corrected chi connectivity index (χ2v) is 12.1. The lowest BCUT2D eigenvalue weighted by Gasteiger charge is -2.37. The molecule has 1 aliphatic carbocycles. The third-order valence-corrected chi connectivity index (χ3v) is 9.65. The van der Waals surface area contributed by atoms with Crippen molar-refractivity contribution in [1.29, 1.82) is 0 Å². The Kier molecular flexibility index (Phi) is 7.18. The number of hydrogen-bond acceptors (Lipinski definition) is 7. The molecule has 1 unspecified atom stereocenters. The van der Waals surface area contributed by atoms with Gasteiger partial charge in [-0.2, -0.15) is 0 Å². The van der Waals surface area contributed by atoms with Gasteiger partial charge >= 0.3 is 0 Å². The van der Waals surface area contributed by atoms with E-state index in [1.54, 1.807) is 17.0 Å². The number of anilines is 1. The molecule has 2 aliphatic rings. The van der Waals surface area contributed by atoms with Crippen molar-refractivity contribution in [2.24, 2.45) is 11.5 Å². The number of likely N-dealkylation sites (tertiary alicyclic amines) is 1. The van der Waals surface area contributed by atoms with Crippen LogP contribution in [0.1, 0.15) is 56.4 Å². The molecule has 1 aliphatic heterocycles. The van der Waals surface area contributed by atoms with E-state index in [-0.39, 0.29) is 23.6 Å². The van der Waals surface area contributed by atoms with Crippen LogP contribution in [-0.4, -0.2) is 41.6 Å². The van der Waals surface area contributed by atoms with Crippen molar-refractivity contribution in [3.63, 3.8) is 0 Å². The maximum atomic E-state index is 14.2. The van der Waals surface area contributed by atoms with Gasteiger partial charge < -0.3 is 27.4 Å². The Morgan fingerprint density at radius 3 is 2.62 bits per heavy atom. The van der Waals surface area contributed by atoms with Gasteiger partial charge in [0, 0.05) is 35.8 Å². The van der Waals surface area contributed by atoms with Crippen molar-refractivity contribution in [1.82, 2.24) is 10.2 Å². The Bertz CT molecular complexity index is 1730. The molecular weight excluding hydrogens is 546 g/mol. The van der Waals surface area contributed by atoms with E-state index < -0.39 is 11.6 Å². The number of benzene rings is 3. The number of nitrogens with one attached hydrogen (secondary N) is 1. The molecule has 3 aromatic carbocycles. The van der Waals surface area contributed by atoms with Gasteiger partial charge in [0.1, 0.15) is 5.54 Å². The molecule has 0 saturated carbocycles. The van der Waals surface area contributed by atoms with Crippen LogP contribution >= 0.6 is 11.3 Å². The van der Waals surface area contributed by atoms with Crippen molar-refractivity contribution in [2.45, 2.75) is 36.9 Å². The van der Waals surface area contributed by atoms with Crippen molar-refractivity contribution < 1.29 is 14.4 Å². The molecule has 1 saturated heterocycles. The molecule has 42 heavy (non-hydrogen) atoms. The number of nitrogens with two attached hydrogens (primary N) is 3. The number of ketones is 1. The fourth-order valence-corrected chi connectivity index (χ4v) is 7.48. The number of carbonyl (C=O) groups excluding carboxylic acids is 3. The van der Waals surface area contributed by atoms with E-state index in [1.165, 1.54) is 17.4 Å². The molecule has 9 heteroatoms. The number of hydrogen-bond donors (Lipinski definition) is 4. The first kappa shape index (κ1) is 27.8. The fourth-order valence-electron chi connectivity index (χ4n) is 6.28. The second kappa shape index (κ2) is 10.8. The minimum Gasteiger partial charge on any atom is -0.398 e. The summed E-state index contributed by atoms with van der Waals surface area (Å²) < 4.78 is 0.679. The minimum atomic E-state index is -1.52. The monoisotopic (exact) mass is 579 g/mol. The van der Waals surface area contributed by atoms with Gasteiger partial charge in [-0.05, 0) is 53.7 Å². The zero-order valence-corrected chi connectivity index (χ0v) is 24.0. The van der Waals surface area contributed by atoms with Crippen LogP contribution in [0.5, 0.6) is 0 Å². The van der Waals surface area contributed by atoms with E-state index >= 15 is 0 Å². The molecule has 0 spiro atoms. The van der Waals surface area contributed by atoms with E-state index in [0.717, 1.165) is 24.0 Å². The number of piperidine rings is 1. The van der Waals surface area contributed by atoms with Crippen LogP contribution in [0.15, 0.2) is 79.4 Å². The number of thiophene rings is 1. The Morgan fingerprint density at radius 2 is 1.86 bits per heavy atom. The number of Topliss-reactive ketones (excluding diaryl/α,β-unsaturated/α-hetero) is 1. The van der Waals surface area contributed by atoms with Crippen molar-refractivity contribution in [3.8, 4) is 0 Å². The number of amides is 2. The molecule has 8 nitrogen and oxygen atoms in total. The standard InChI is InChI=1S/C33H33N5O3S/c1-2-25(39)38-15-7-12-22(18-38)37-32(41)30-27-26-23(13-14-24(34)29(26)42-30)33(36,31(40)28(27)35)21-11-6-10-20(17-21)16-19-8-4-3-5-9-19/h2-6,8-11,13-14,17,22,28H,1,7,12,15-16,18,34-36H2,(H,37,41)/t22?,28-,33-/m1/s1. The first-order valence-electron chi connectivity index (χ1n) is 14.0. The predicted molar refractivity (Wildman–Crippen MR) is 166 cm³/mol. The van der Waals surface area contributed by atoms with Gasteiger partial charge in [0.15, 0.2) is 5.78 Å². The van der Waals surface area contributed by atoms with Gasteiger partial charge in [-0.25, -0.2) is 0 Å². The van der Waals surface area contributed by atoms with Gasteiger partial charge in [-0.3, -0.25) is 14.4 Å². The predicted octanol–water partition coefficient (Wildman–Crippen LogP) is 3.77. The smallest absolute Gasteiger partial charge is 0.262 e. The highest BCUT2D eigenvalue weighted by Gasteiger charge is 2.49. The van der Waals surface area contributed by atoms with E-state index in [4.69, 9.17) is 17.2 Å². The second-order valence-electron chi connectivity index (χ2n) is 11.1. The SMILES string of the molecule is C=CC(=O)N1CCCC(NC(=O)c2sc3c(N)ccc4c3c2[C@@H](N)C(=O)[C@@]4(N)c2cccc(Cc3ccccc3)c2)C1. The molecule has 0 radical (unpaired) electrons. The average Bonchev–Trinajstić information content (AvgIpc) is 3.42. The molecule has 7 N–H and O–H groups in total. The molecule has 1 fully saturated rings. The Balaban J connectivity index is 1.40. The molecule has 2 amide bonds. The van der Waals surface area contributed by atoms with Crippen LogP contribution < -0.4 is 22.5 Å². The lowest BCUT2D eigenvalue weighted by Crippen LogP contribution is -2.53. The first-order chi connectivity index (χ1) is 20.2. The Morgan fingerprint density at radius 1 is 1.10 bits per heavy atom. The van der Waals surface area contributed by atoms with Crippen LogP contribution in [0.25, 0.3) is 10.1 Å². The summed E-state index contributed by atoms with van der Waals surface area (Å²) in [5.74, 6) is -0.888. The van der Waals surface area contributed by atoms with Crippen LogP contribution in [0.4, 0.5) is 5.69 Å². The van der Waals surface area contributed by atoms with Crippen LogP contribution in [0, 0.1) is 0 Å². The van der Waals surface area contributed by atoms with Crippen molar-refractivity contribution in [2.75, 3.05) is 18.8 Å². The number of nitrogen functional groups attached to an aromatic ring is 1. The quantitative estimate of drug-likeness (QED) is 0.202. The maximum absolute atomic E-state index is 14.2. The van der Waals surface area contributed by atoms with Gasteiger partial charge in [0.2, 0.25) is 5.91 Å². The zero-order valence-electron chi connectivity index (χ0n) is 23.1. The summed E-state index contributed by atoms with van der Waals surface area (Å²) in [4.78, 5) is 42.0. The molecule has 0 bridgehead atoms. The molecule has 4 aromatic rings. The largest absolute Gasteiger partial charge is 0.398 e. The van der Waals surface area contributed by atoms with E-state index in [2.05, 4.69) is 24.0 Å². The minimum absolute atomic E-state index is 0.164. The van der Waals surface area contributed by atoms with E-state index in [0.29, 0.717) is 56.9 Å². The summed E-state index contributed by atoms with van der Waals surface area (Å²) in [7, 11) is 0. The van der Waals surface area contributed by atoms with Crippen LogP contribution in [0.2, 0.25) is 0 Å². The van der Waals surface area contributed by atoms with Gasteiger partial charge in [0.05, 0.1) is 15.6 Å². The molecule has 3 atom stereocenters. The number of carbonyl (C=O) groups is 3. The van der Waals surface area contributed by atoms with E-state index in [1.807, 2.05) is 42.5 Å². The summed E-state index contributed by atoms with van der Waals surface area (Å²) in [5, 5.41) is 3.73. The third kappa shape index (κ3) is 4.59. The summed E-state index contributed by atoms with van der Waals surface area (Å²) in [6.45, 7) is 4.58.